The van der Waals surface area contributed by atoms with E-state index in [1.54, 1.807) is 0 Å². The Kier molecular flexibility index (Phi) is 3.82. The van der Waals surface area contributed by atoms with Crippen molar-refractivity contribution in [1.82, 2.24) is 15.1 Å². The lowest BCUT2D eigenvalue weighted by Crippen LogP contribution is -2.18. The third kappa shape index (κ3) is 3.20. The zero-order chi connectivity index (χ0) is 13.1. The lowest BCUT2D eigenvalue weighted by Gasteiger charge is -2.15. The minimum Gasteiger partial charge on any atom is -0.304 e. The van der Waals surface area contributed by atoms with Crippen molar-refractivity contribution in [3.05, 3.63) is 52.8 Å². The average Bonchev–Trinajstić information content (AvgIpc) is 2.70. The van der Waals surface area contributed by atoms with Gasteiger partial charge in [-0.2, -0.15) is 5.10 Å². The van der Waals surface area contributed by atoms with Crippen molar-refractivity contribution in [3.8, 4) is 0 Å². The maximum atomic E-state index is 4.37. The van der Waals surface area contributed by atoms with E-state index in [0.29, 0.717) is 6.04 Å². The van der Waals surface area contributed by atoms with E-state index in [9.17, 15) is 0 Å². The molecule has 0 aliphatic heterocycles. The van der Waals surface area contributed by atoms with Crippen molar-refractivity contribution >= 4 is 0 Å². The average molecular weight is 243 g/mol. The van der Waals surface area contributed by atoms with Crippen LogP contribution >= 0.6 is 0 Å². The molecule has 2 rings (SSSR count). The fraction of sp³-hybridized carbons (Fsp3) is 0.400. The third-order valence-corrected chi connectivity index (χ3v) is 3.10. The highest BCUT2D eigenvalue weighted by molar-refractivity contribution is 5.30. The van der Waals surface area contributed by atoms with Crippen LogP contribution < -0.4 is 5.32 Å². The van der Waals surface area contributed by atoms with Gasteiger partial charge in [0.2, 0.25) is 0 Å². The number of benzene rings is 1. The van der Waals surface area contributed by atoms with E-state index in [1.165, 1.54) is 16.7 Å². The first kappa shape index (κ1) is 12.8. The van der Waals surface area contributed by atoms with Crippen molar-refractivity contribution < 1.29 is 0 Å². The van der Waals surface area contributed by atoms with Gasteiger partial charge < -0.3 is 5.32 Å². The molecule has 1 N–H and O–H groups in total. The minimum absolute atomic E-state index is 0.339. The van der Waals surface area contributed by atoms with Gasteiger partial charge in [-0.25, -0.2) is 0 Å². The quantitative estimate of drug-likeness (QED) is 0.895. The molecular formula is C15H21N3. The second-order valence-electron chi connectivity index (χ2n) is 5.00. The number of hydrogen-bond donors (Lipinski definition) is 1. The first-order chi connectivity index (χ1) is 8.54. The van der Waals surface area contributed by atoms with Gasteiger partial charge in [-0.05, 0) is 32.4 Å². The summed E-state index contributed by atoms with van der Waals surface area (Å²) in [6.07, 6.45) is 1.97. The molecule has 1 aromatic heterocycles. The van der Waals surface area contributed by atoms with Gasteiger partial charge in [0.1, 0.15) is 0 Å². The topological polar surface area (TPSA) is 29.9 Å². The van der Waals surface area contributed by atoms with Crippen LogP contribution in [0.3, 0.4) is 0 Å². The van der Waals surface area contributed by atoms with E-state index >= 15 is 0 Å². The van der Waals surface area contributed by atoms with Crippen LogP contribution in [0.4, 0.5) is 0 Å². The molecule has 0 saturated carbocycles. The summed E-state index contributed by atoms with van der Waals surface area (Å²) in [5, 5.41) is 7.87. The molecule has 1 aromatic carbocycles. The van der Waals surface area contributed by atoms with Crippen LogP contribution in [0.2, 0.25) is 0 Å². The van der Waals surface area contributed by atoms with Gasteiger partial charge in [0.15, 0.2) is 0 Å². The Bertz CT molecular complexity index is 508. The monoisotopic (exact) mass is 243 g/mol. The Morgan fingerprint density at radius 3 is 2.44 bits per heavy atom. The van der Waals surface area contributed by atoms with Gasteiger partial charge in [0.05, 0.1) is 5.69 Å². The number of rotatable bonds is 4. The number of nitrogens with zero attached hydrogens (tertiary/aromatic N) is 2. The predicted molar refractivity (Wildman–Crippen MR) is 74.4 cm³/mol. The molecule has 96 valence electrons. The molecule has 3 heteroatoms. The number of hydrogen-bond acceptors (Lipinski definition) is 2. The van der Waals surface area contributed by atoms with Crippen LogP contribution in [0.25, 0.3) is 0 Å². The van der Waals surface area contributed by atoms with Crippen LogP contribution in [0.1, 0.15) is 35.3 Å². The summed E-state index contributed by atoms with van der Waals surface area (Å²) in [7, 11) is 1.94. The Labute approximate surface area is 109 Å². The number of aromatic nitrogens is 2. The Morgan fingerprint density at radius 2 is 1.89 bits per heavy atom. The summed E-state index contributed by atoms with van der Waals surface area (Å²) < 4.78 is 1.83. The fourth-order valence-electron chi connectivity index (χ4n) is 2.19. The predicted octanol–water partition coefficient (Wildman–Crippen LogP) is 2.89. The van der Waals surface area contributed by atoms with Gasteiger partial charge in [-0.15, -0.1) is 0 Å². The molecule has 1 heterocycles. The first-order valence-corrected chi connectivity index (χ1v) is 6.34. The van der Waals surface area contributed by atoms with Gasteiger partial charge >= 0.3 is 0 Å². The molecule has 2 aromatic rings. The highest BCUT2D eigenvalue weighted by atomic mass is 15.3. The second-order valence-corrected chi connectivity index (χ2v) is 5.00. The van der Waals surface area contributed by atoms with Gasteiger partial charge in [-0.3, -0.25) is 4.68 Å². The second kappa shape index (κ2) is 5.36. The van der Waals surface area contributed by atoms with Crippen molar-refractivity contribution in [1.29, 1.82) is 0 Å². The molecule has 0 aliphatic carbocycles. The van der Waals surface area contributed by atoms with Crippen LogP contribution in [-0.4, -0.2) is 9.78 Å². The largest absolute Gasteiger partial charge is 0.304 e. The summed E-state index contributed by atoms with van der Waals surface area (Å²) in [6.45, 7) is 7.27. The van der Waals surface area contributed by atoms with E-state index in [4.69, 9.17) is 0 Å². The molecule has 0 saturated heterocycles. The highest BCUT2D eigenvalue weighted by Crippen LogP contribution is 2.16. The van der Waals surface area contributed by atoms with Gasteiger partial charge in [-0.1, -0.05) is 29.3 Å². The van der Waals surface area contributed by atoms with E-state index in [0.717, 1.165) is 12.2 Å². The zero-order valence-corrected chi connectivity index (χ0v) is 11.6. The Morgan fingerprint density at radius 1 is 1.22 bits per heavy atom. The normalized spacial score (nSPS) is 12.7. The van der Waals surface area contributed by atoms with Crippen molar-refractivity contribution in [2.45, 2.75) is 33.4 Å². The maximum absolute atomic E-state index is 4.37. The lowest BCUT2D eigenvalue weighted by atomic mass is 10.0. The maximum Gasteiger partial charge on any atom is 0.0762 e. The molecule has 0 radical (unpaired) electrons. The van der Waals surface area contributed by atoms with Gasteiger partial charge in [0.25, 0.3) is 0 Å². The first-order valence-electron chi connectivity index (χ1n) is 6.34. The molecular weight excluding hydrogens is 222 g/mol. The van der Waals surface area contributed by atoms with Crippen molar-refractivity contribution in [2.24, 2.45) is 7.05 Å². The van der Waals surface area contributed by atoms with Crippen LogP contribution in [0.15, 0.2) is 30.5 Å². The van der Waals surface area contributed by atoms with Crippen molar-refractivity contribution in [2.75, 3.05) is 0 Å². The fourth-order valence-corrected chi connectivity index (χ4v) is 2.19. The Balaban J connectivity index is 2.01. The number of nitrogens with one attached hydrogen (secondary N) is 1. The van der Waals surface area contributed by atoms with Crippen LogP contribution in [-0.2, 0) is 13.6 Å². The molecule has 0 spiro atoms. The summed E-state index contributed by atoms with van der Waals surface area (Å²) >= 11 is 0. The smallest absolute Gasteiger partial charge is 0.0762 e. The van der Waals surface area contributed by atoms with E-state index in [-0.39, 0.29) is 0 Å². The van der Waals surface area contributed by atoms with Gasteiger partial charge in [0, 0.05) is 25.8 Å². The minimum atomic E-state index is 0.339. The lowest BCUT2D eigenvalue weighted by molar-refractivity contribution is 0.561. The molecule has 3 nitrogen and oxygen atoms in total. The molecule has 18 heavy (non-hydrogen) atoms. The van der Waals surface area contributed by atoms with Crippen LogP contribution in [0, 0.1) is 13.8 Å². The summed E-state index contributed by atoms with van der Waals surface area (Å²) in [6, 6.07) is 9.06. The SMILES string of the molecule is Cc1cc(C)cc(C(C)NCc2ccn(C)n2)c1. The zero-order valence-electron chi connectivity index (χ0n) is 11.6. The Hall–Kier alpha value is -1.61. The molecule has 0 aliphatic rings. The third-order valence-electron chi connectivity index (χ3n) is 3.10. The van der Waals surface area contributed by atoms with E-state index in [1.807, 2.05) is 24.0 Å². The molecule has 1 atom stereocenters. The molecule has 0 fully saturated rings. The van der Waals surface area contributed by atoms with E-state index < -0.39 is 0 Å². The summed E-state index contributed by atoms with van der Waals surface area (Å²) in [5.41, 5.74) is 5.05. The van der Waals surface area contributed by atoms with E-state index in [2.05, 4.69) is 49.4 Å². The molecule has 0 bridgehead atoms. The summed E-state index contributed by atoms with van der Waals surface area (Å²) in [5.74, 6) is 0. The number of aryl methyl sites for hydroxylation is 3. The molecule has 0 amide bonds. The highest BCUT2D eigenvalue weighted by Gasteiger charge is 2.06. The molecule has 1 unspecified atom stereocenters. The summed E-state index contributed by atoms with van der Waals surface area (Å²) in [4.78, 5) is 0. The van der Waals surface area contributed by atoms with Crippen molar-refractivity contribution in [3.63, 3.8) is 0 Å². The van der Waals surface area contributed by atoms with Crippen LogP contribution in [0.5, 0.6) is 0 Å². The standard InChI is InChI=1S/C15H21N3/c1-11-7-12(2)9-14(8-11)13(3)16-10-15-5-6-18(4)17-15/h5-9,13,16H,10H2,1-4H3.